The van der Waals surface area contributed by atoms with E-state index in [0.29, 0.717) is 10.7 Å². The van der Waals surface area contributed by atoms with Crippen LogP contribution in [0.5, 0.6) is 0 Å². The molecule has 0 saturated heterocycles. The van der Waals surface area contributed by atoms with Gasteiger partial charge in [-0.15, -0.1) is 0 Å². The first-order valence-electron chi connectivity index (χ1n) is 6.05. The summed E-state index contributed by atoms with van der Waals surface area (Å²) in [6, 6.07) is 14.1. The highest BCUT2D eigenvalue weighted by molar-refractivity contribution is 6.31. The number of halogens is 1. The van der Waals surface area contributed by atoms with Crippen LogP contribution in [0.2, 0.25) is 5.02 Å². The fourth-order valence-electron chi connectivity index (χ4n) is 1.78. The summed E-state index contributed by atoms with van der Waals surface area (Å²) < 4.78 is 0. The Bertz CT molecular complexity index is 521. The lowest BCUT2D eigenvalue weighted by Gasteiger charge is -2.10. The molecule has 0 heterocycles. The van der Waals surface area contributed by atoms with Gasteiger partial charge in [0.15, 0.2) is 0 Å². The summed E-state index contributed by atoms with van der Waals surface area (Å²) in [6.07, 6.45) is 1.07. The van der Waals surface area contributed by atoms with Crippen LogP contribution in [0, 0.1) is 0 Å². The number of rotatable bonds is 4. The lowest BCUT2D eigenvalue weighted by atomic mass is 10.1. The number of nitrogens with one attached hydrogen (secondary N) is 1. The van der Waals surface area contributed by atoms with E-state index in [1.807, 2.05) is 12.1 Å². The van der Waals surface area contributed by atoms with Crippen LogP contribution < -0.4 is 11.1 Å². The predicted molar refractivity (Wildman–Crippen MR) is 79.0 cm³/mol. The van der Waals surface area contributed by atoms with Crippen molar-refractivity contribution in [3.05, 3.63) is 58.6 Å². The molecule has 0 saturated carbocycles. The molecule has 18 heavy (non-hydrogen) atoms. The molecule has 0 spiro atoms. The second-order valence-corrected chi connectivity index (χ2v) is 4.69. The number of benzene rings is 2. The third-order valence-electron chi connectivity index (χ3n) is 2.93. The van der Waals surface area contributed by atoms with Crippen molar-refractivity contribution in [2.24, 2.45) is 0 Å². The molecule has 2 aromatic carbocycles. The van der Waals surface area contributed by atoms with Crippen molar-refractivity contribution >= 4 is 23.0 Å². The zero-order valence-electron chi connectivity index (χ0n) is 10.4. The smallest absolute Gasteiger partial charge is 0.0577 e. The van der Waals surface area contributed by atoms with Gasteiger partial charge in [0, 0.05) is 11.6 Å². The van der Waals surface area contributed by atoms with E-state index < -0.39 is 0 Å². The lowest BCUT2D eigenvalue weighted by Crippen LogP contribution is -2.02. The third kappa shape index (κ3) is 3.17. The Morgan fingerprint density at radius 1 is 1.06 bits per heavy atom. The van der Waals surface area contributed by atoms with Crippen LogP contribution in [0.1, 0.15) is 18.1 Å². The molecule has 0 bridgehead atoms. The number of hydrogen-bond donors (Lipinski definition) is 2. The first-order chi connectivity index (χ1) is 8.69. The van der Waals surface area contributed by atoms with Crippen LogP contribution in [-0.4, -0.2) is 0 Å². The van der Waals surface area contributed by atoms with Crippen LogP contribution in [0.4, 0.5) is 11.4 Å². The monoisotopic (exact) mass is 260 g/mol. The van der Waals surface area contributed by atoms with Crippen LogP contribution in [0.3, 0.4) is 0 Å². The van der Waals surface area contributed by atoms with E-state index in [9.17, 15) is 0 Å². The van der Waals surface area contributed by atoms with Gasteiger partial charge in [0.05, 0.1) is 11.4 Å². The van der Waals surface area contributed by atoms with E-state index in [1.165, 1.54) is 11.1 Å². The minimum Gasteiger partial charge on any atom is -0.397 e. The van der Waals surface area contributed by atoms with E-state index in [-0.39, 0.29) is 0 Å². The van der Waals surface area contributed by atoms with E-state index in [2.05, 4.69) is 36.5 Å². The Balaban J connectivity index is 2.02. The van der Waals surface area contributed by atoms with Gasteiger partial charge >= 0.3 is 0 Å². The van der Waals surface area contributed by atoms with E-state index in [0.717, 1.165) is 18.7 Å². The van der Waals surface area contributed by atoms with Gasteiger partial charge in [-0.2, -0.15) is 0 Å². The molecule has 0 aliphatic heterocycles. The molecular weight excluding hydrogens is 244 g/mol. The normalized spacial score (nSPS) is 10.3. The van der Waals surface area contributed by atoms with Gasteiger partial charge in [-0.1, -0.05) is 42.8 Å². The number of nitrogen functional groups attached to an aromatic ring is 1. The summed E-state index contributed by atoms with van der Waals surface area (Å²) >= 11 is 5.86. The SMILES string of the molecule is CCc1ccc(CNc2ccc(Cl)cc2N)cc1. The second-order valence-electron chi connectivity index (χ2n) is 4.26. The van der Waals surface area contributed by atoms with Crippen molar-refractivity contribution in [2.45, 2.75) is 19.9 Å². The highest BCUT2D eigenvalue weighted by atomic mass is 35.5. The average Bonchev–Trinajstić information content (AvgIpc) is 2.38. The Labute approximate surface area is 113 Å². The average molecular weight is 261 g/mol. The van der Waals surface area contributed by atoms with Gasteiger partial charge in [0.25, 0.3) is 0 Å². The lowest BCUT2D eigenvalue weighted by molar-refractivity contribution is 1.11. The maximum atomic E-state index is 5.88. The fourth-order valence-corrected chi connectivity index (χ4v) is 1.97. The molecular formula is C15H17ClN2. The molecule has 0 fully saturated rings. The first kappa shape index (κ1) is 12.8. The molecule has 2 aromatic rings. The zero-order valence-corrected chi connectivity index (χ0v) is 11.2. The van der Waals surface area contributed by atoms with E-state index in [1.54, 1.807) is 6.07 Å². The predicted octanol–water partition coefficient (Wildman–Crippen LogP) is 4.10. The van der Waals surface area contributed by atoms with Gasteiger partial charge in [-0.3, -0.25) is 0 Å². The molecule has 0 unspecified atom stereocenters. The Hall–Kier alpha value is -1.67. The highest BCUT2D eigenvalue weighted by Crippen LogP contribution is 2.23. The van der Waals surface area contributed by atoms with Crippen LogP contribution in [0.15, 0.2) is 42.5 Å². The van der Waals surface area contributed by atoms with Gasteiger partial charge in [0.1, 0.15) is 0 Å². The van der Waals surface area contributed by atoms with Gasteiger partial charge < -0.3 is 11.1 Å². The summed E-state index contributed by atoms with van der Waals surface area (Å²) in [6.45, 7) is 2.91. The maximum Gasteiger partial charge on any atom is 0.0577 e. The van der Waals surface area contributed by atoms with Crippen molar-refractivity contribution < 1.29 is 0 Å². The third-order valence-corrected chi connectivity index (χ3v) is 3.16. The number of nitrogens with two attached hydrogens (primary N) is 1. The van der Waals surface area contributed by atoms with Crippen LogP contribution in [-0.2, 0) is 13.0 Å². The van der Waals surface area contributed by atoms with Crippen LogP contribution >= 0.6 is 11.6 Å². The summed E-state index contributed by atoms with van der Waals surface area (Å²) in [5.41, 5.74) is 10.1. The van der Waals surface area contributed by atoms with E-state index >= 15 is 0 Å². The quantitative estimate of drug-likeness (QED) is 0.813. The van der Waals surface area contributed by atoms with Gasteiger partial charge in [-0.05, 0) is 35.7 Å². The molecule has 3 heteroatoms. The summed E-state index contributed by atoms with van der Waals surface area (Å²) in [5.74, 6) is 0. The number of anilines is 2. The maximum absolute atomic E-state index is 5.88. The fraction of sp³-hybridized carbons (Fsp3) is 0.200. The molecule has 94 valence electrons. The van der Waals surface area contributed by atoms with Crippen LogP contribution in [0.25, 0.3) is 0 Å². The largest absolute Gasteiger partial charge is 0.397 e. The van der Waals surface area contributed by atoms with Crippen molar-refractivity contribution in [3.63, 3.8) is 0 Å². The van der Waals surface area contributed by atoms with E-state index in [4.69, 9.17) is 17.3 Å². The topological polar surface area (TPSA) is 38.0 Å². The standard InChI is InChI=1S/C15H17ClN2/c1-2-11-3-5-12(6-4-11)10-18-15-8-7-13(16)9-14(15)17/h3-9,18H,2,10,17H2,1H3. The van der Waals surface area contributed by atoms with Crippen molar-refractivity contribution in [2.75, 3.05) is 11.1 Å². The molecule has 0 aromatic heterocycles. The molecule has 0 amide bonds. The molecule has 0 atom stereocenters. The Kier molecular flexibility index (Phi) is 4.11. The van der Waals surface area contributed by atoms with Crippen molar-refractivity contribution in [1.29, 1.82) is 0 Å². The molecule has 2 rings (SSSR count). The van der Waals surface area contributed by atoms with Gasteiger partial charge in [-0.25, -0.2) is 0 Å². The minimum atomic E-state index is 0.658. The Morgan fingerprint density at radius 2 is 1.72 bits per heavy atom. The summed E-state index contributed by atoms with van der Waals surface area (Å²) in [7, 11) is 0. The highest BCUT2D eigenvalue weighted by Gasteiger charge is 2.00. The molecule has 0 aliphatic carbocycles. The molecule has 0 aliphatic rings. The first-order valence-corrected chi connectivity index (χ1v) is 6.43. The summed E-state index contributed by atoms with van der Waals surface area (Å²) in [4.78, 5) is 0. The van der Waals surface area contributed by atoms with Gasteiger partial charge in [0.2, 0.25) is 0 Å². The summed E-state index contributed by atoms with van der Waals surface area (Å²) in [5, 5.41) is 3.97. The minimum absolute atomic E-state index is 0.658. The molecule has 2 nitrogen and oxygen atoms in total. The Morgan fingerprint density at radius 3 is 2.33 bits per heavy atom. The number of hydrogen-bond acceptors (Lipinski definition) is 2. The second kappa shape index (κ2) is 5.78. The number of aryl methyl sites for hydroxylation is 1. The van der Waals surface area contributed by atoms with Crippen molar-refractivity contribution in [3.8, 4) is 0 Å². The molecule has 0 radical (unpaired) electrons. The molecule has 3 N–H and O–H groups in total. The zero-order chi connectivity index (χ0) is 13.0. The van der Waals surface area contributed by atoms with Crippen molar-refractivity contribution in [1.82, 2.24) is 0 Å².